The predicted molar refractivity (Wildman–Crippen MR) is 146 cm³/mol. The van der Waals surface area contributed by atoms with Gasteiger partial charge in [0, 0.05) is 61.6 Å². The number of hydrogen-bond acceptors (Lipinski definition) is 6. The highest BCUT2D eigenvalue weighted by Crippen LogP contribution is 2.30. The van der Waals surface area contributed by atoms with Gasteiger partial charge in [0.05, 0.1) is 31.7 Å². The van der Waals surface area contributed by atoms with Gasteiger partial charge in [0.2, 0.25) is 0 Å². The second-order valence-electron chi connectivity index (χ2n) is 9.04. The molecule has 0 unspecified atom stereocenters. The number of rotatable bonds is 10. The fraction of sp³-hybridized carbons (Fsp3) is 0.276. The fourth-order valence-corrected chi connectivity index (χ4v) is 4.29. The minimum Gasteiger partial charge on any atom is -0.493 e. The van der Waals surface area contributed by atoms with Gasteiger partial charge in [0.1, 0.15) is 5.75 Å². The van der Waals surface area contributed by atoms with Crippen LogP contribution >= 0.6 is 0 Å². The number of morpholine rings is 1. The lowest BCUT2D eigenvalue weighted by Gasteiger charge is -2.26. The molecule has 3 heterocycles. The molecule has 9 heteroatoms. The van der Waals surface area contributed by atoms with E-state index in [1.54, 1.807) is 12.4 Å². The predicted octanol–water partition coefficient (Wildman–Crippen LogP) is 4.36. The number of aromatic nitrogens is 3. The molecule has 0 bridgehead atoms. The van der Waals surface area contributed by atoms with Crippen LogP contribution in [0.25, 0.3) is 16.8 Å². The Balaban J connectivity index is 1.15. The van der Waals surface area contributed by atoms with Crippen molar-refractivity contribution >= 4 is 11.7 Å². The summed E-state index contributed by atoms with van der Waals surface area (Å²) in [4.78, 5) is 18.7. The molecule has 0 atom stereocenters. The molecule has 9 nitrogen and oxygen atoms in total. The number of para-hydroxylation sites is 1. The van der Waals surface area contributed by atoms with Gasteiger partial charge in [0.25, 0.3) is 0 Å². The maximum atomic E-state index is 12.2. The summed E-state index contributed by atoms with van der Waals surface area (Å²) in [6, 6.07) is 19.1. The Kier molecular flexibility index (Phi) is 8.60. The highest BCUT2D eigenvalue weighted by atomic mass is 16.5. The van der Waals surface area contributed by atoms with Gasteiger partial charge in [-0.15, -0.1) is 0 Å². The summed E-state index contributed by atoms with van der Waals surface area (Å²) >= 11 is 0. The number of hydrogen-bond donors (Lipinski definition) is 2. The van der Waals surface area contributed by atoms with Crippen LogP contribution in [0.2, 0.25) is 0 Å². The number of ether oxygens (including phenoxy) is 2. The third-order valence-corrected chi connectivity index (χ3v) is 6.33. The van der Waals surface area contributed by atoms with E-state index in [1.807, 2.05) is 71.7 Å². The van der Waals surface area contributed by atoms with Gasteiger partial charge >= 0.3 is 6.03 Å². The molecular weight excluding hydrogens is 480 g/mol. The maximum absolute atomic E-state index is 12.2. The number of amides is 2. The molecule has 1 saturated heterocycles. The summed E-state index contributed by atoms with van der Waals surface area (Å²) in [6.45, 7) is 5.70. The summed E-state index contributed by atoms with van der Waals surface area (Å²) < 4.78 is 13.4. The Labute approximate surface area is 222 Å². The van der Waals surface area contributed by atoms with Gasteiger partial charge < -0.3 is 20.1 Å². The topological polar surface area (TPSA) is 93.5 Å². The summed E-state index contributed by atoms with van der Waals surface area (Å²) in [5.74, 6) is 0.853. The molecule has 0 saturated carbocycles. The molecule has 2 N–H and O–H groups in total. The summed E-state index contributed by atoms with van der Waals surface area (Å²) in [6.07, 6.45) is 8.22. The van der Waals surface area contributed by atoms with E-state index in [1.165, 1.54) is 0 Å². The largest absolute Gasteiger partial charge is 0.493 e. The molecule has 2 aromatic heterocycles. The molecule has 2 amide bonds. The van der Waals surface area contributed by atoms with Crippen molar-refractivity contribution in [3.8, 4) is 22.6 Å². The quantitative estimate of drug-likeness (QED) is 0.307. The second-order valence-corrected chi connectivity index (χ2v) is 9.04. The molecule has 1 aliphatic heterocycles. The normalized spacial score (nSPS) is 13.7. The van der Waals surface area contributed by atoms with Gasteiger partial charge in [-0.1, -0.05) is 24.3 Å². The van der Waals surface area contributed by atoms with E-state index in [0.29, 0.717) is 18.8 Å². The molecule has 5 rings (SSSR count). The van der Waals surface area contributed by atoms with Crippen molar-refractivity contribution in [1.82, 2.24) is 25.0 Å². The highest BCUT2D eigenvalue weighted by Gasteiger charge is 2.12. The maximum Gasteiger partial charge on any atom is 0.319 e. The average molecular weight is 513 g/mol. The molecule has 196 valence electrons. The monoisotopic (exact) mass is 512 g/mol. The van der Waals surface area contributed by atoms with Gasteiger partial charge in [-0.2, -0.15) is 5.10 Å². The third-order valence-electron chi connectivity index (χ3n) is 6.33. The SMILES string of the molecule is O=C(NCc1cccnc1)Nc1ccc(-n2cc(-c3ccccc3OCCCN3CCOCC3)cn2)cc1. The van der Waals surface area contributed by atoms with Crippen molar-refractivity contribution in [3.63, 3.8) is 0 Å². The molecule has 0 radical (unpaired) electrons. The van der Waals surface area contributed by atoms with Crippen molar-refractivity contribution < 1.29 is 14.3 Å². The van der Waals surface area contributed by atoms with E-state index in [2.05, 4.69) is 31.7 Å². The zero-order valence-electron chi connectivity index (χ0n) is 21.3. The van der Waals surface area contributed by atoms with Crippen molar-refractivity contribution in [1.29, 1.82) is 0 Å². The second kappa shape index (κ2) is 12.8. The van der Waals surface area contributed by atoms with Gasteiger partial charge in [-0.05, 0) is 48.4 Å². The molecule has 4 aromatic rings. The van der Waals surface area contributed by atoms with Crippen LogP contribution in [0.3, 0.4) is 0 Å². The molecule has 1 aliphatic rings. The van der Waals surface area contributed by atoms with E-state index < -0.39 is 0 Å². The van der Waals surface area contributed by atoms with E-state index in [4.69, 9.17) is 9.47 Å². The van der Waals surface area contributed by atoms with Crippen LogP contribution in [-0.2, 0) is 11.3 Å². The van der Waals surface area contributed by atoms with Crippen LogP contribution < -0.4 is 15.4 Å². The number of urea groups is 1. The number of carbonyl (C=O) groups excluding carboxylic acids is 1. The van der Waals surface area contributed by atoms with Crippen molar-refractivity contribution in [2.75, 3.05) is 44.8 Å². The Morgan fingerprint density at radius 3 is 2.66 bits per heavy atom. The molecule has 0 spiro atoms. The van der Waals surface area contributed by atoms with Crippen LogP contribution in [0, 0.1) is 0 Å². The van der Waals surface area contributed by atoms with Crippen LogP contribution in [0.1, 0.15) is 12.0 Å². The first kappa shape index (κ1) is 25.4. The highest BCUT2D eigenvalue weighted by molar-refractivity contribution is 5.89. The average Bonchev–Trinajstić information content (AvgIpc) is 3.46. The zero-order valence-corrected chi connectivity index (χ0v) is 21.3. The molecule has 0 aliphatic carbocycles. The lowest BCUT2D eigenvalue weighted by Crippen LogP contribution is -2.37. The Hall–Kier alpha value is -4.21. The standard InChI is InChI=1S/C29H32N6O3/c36-29(31-20-23-5-3-12-30-19-23)33-25-8-10-26(11-9-25)35-22-24(21-32-35)27-6-1-2-7-28(27)38-16-4-13-34-14-17-37-18-15-34/h1-3,5-12,19,21-22H,4,13-18,20H2,(H2,31,33,36). The first-order valence-electron chi connectivity index (χ1n) is 12.9. The van der Waals surface area contributed by atoms with Crippen molar-refractivity contribution in [3.05, 3.63) is 91.0 Å². The fourth-order valence-electron chi connectivity index (χ4n) is 4.29. The van der Waals surface area contributed by atoms with Gasteiger partial charge in [-0.25, -0.2) is 9.48 Å². The van der Waals surface area contributed by atoms with E-state index in [0.717, 1.165) is 67.4 Å². The zero-order chi connectivity index (χ0) is 26.0. The van der Waals surface area contributed by atoms with Crippen LogP contribution in [0.15, 0.2) is 85.5 Å². The van der Waals surface area contributed by atoms with Gasteiger partial charge in [0.15, 0.2) is 0 Å². The summed E-state index contributed by atoms with van der Waals surface area (Å²) in [5.41, 5.74) is 4.51. The molecule has 2 aromatic carbocycles. The molecule has 1 fully saturated rings. The number of pyridine rings is 1. The minimum absolute atomic E-state index is 0.274. The third kappa shape index (κ3) is 6.96. The summed E-state index contributed by atoms with van der Waals surface area (Å²) in [5, 5.41) is 10.2. The lowest BCUT2D eigenvalue weighted by atomic mass is 10.1. The smallest absolute Gasteiger partial charge is 0.319 e. The van der Waals surface area contributed by atoms with E-state index in [-0.39, 0.29) is 6.03 Å². The number of benzene rings is 2. The number of carbonyl (C=O) groups is 1. The number of anilines is 1. The van der Waals surface area contributed by atoms with E-state index >= 15 is 0 Å². The van der Waals surface area contributed by atoms with Crippen LogP contribution in [-0.4, -0.2) is 65.2 Å². The minimum atomic E-state index is -0.274. The summed E-state index contributed by atoms with van der Waals surface area (Å²) in [7, 11) is 0. The van der Waals surface area contributed by atoms with Crippen molar-refractivity contribution in [2.24, 2.45) is 0 Å². The molecular formula is C29H32N6O3. The van der Waals surface area contributed by atoms with Gasteiger partial charge in [-0.3, -0.25) is 9.88 Å². The Morgan fingerprint density at radius 1 is 1.00 bits per heavy atom. The van der Waals surface area contributed by atoms with Crippen molar-refractivity contribution in [2.45, 2.75) is 13.0 Å². The van der Waals surface area contributed by atoms with Crippen LogP contribution in [0.5, 0.6) is 5.75 Å². The lowest BCUT2D eigenvalue weighted by molar-refractivity contribution is 0.0358. The number of nitrogens with one attached hydrogen (secondary N) is 2. The van der Waals surface area contributed by atoms with Crippen LogP contribution in [0.4, 0.5) is 10.5 Å². The van der Waals surface area contributed by atoms with E-state index in [9.17, 15) is 4.79 Å². The molecule has 38 heavy (non-hydrogen) atoms. The first-order valence-corrected chi connectivity index (χ1v) is 12.9. The number of nitrogens with zero attached hydrogens (tertiary/aromatic N) is 4. The Bertz CT molecular complexity index is 1300. The Morgan fingerprint density at radius 2 is 1.84 bits per heavy atom. The first-order chi connectivity index (χ1) is 18.7.